The number of nitrogens with zero attached hydrogens (tertiary/aromatic N) is 2. The number of fused-ring (bicyclic) bond motifs is 1. The monoisotopic (exact) mass is 259 g/mol. The smallest absolute Gasteiger partial charge is 0.317 e. The van der Waals surface area contributed by atoms with Crippen LogP contribution in [0.15, 0.2) is 30.3 Å². The second-order valence-electron chi connectivity index (χ2n) is 4.20. The van der Waals surface area contributed by atoms with Gasteiger partial charge in [-0.3, -0.25) is 0 Å². The van der Waals surface area contributed by atoms with Crippen LogP contribution in [0.5, 0.6) is 6.01 Å². The van der Waals surface area contributed by atoms with Gasteiger partial charge in [0, 0.05) is 0 Å². The summed E-state index contributed by atoms with van der Waals surface area (Å²) in [5, 5.41) is 0.411. The molecule has 1 aliphatic rings. The molecule has 0 saturated heterocycles. The van der Waals surface area contributed by atoms with E-state index < -0.39 is 0 Å². The van der Waals surface area contributed by atoms with Gasteiger partial charge in [0.2, 0.25) is 0 Å². The Kier molecular flexibility index (Phi) is 2.92. The van der Waals surface area contributed by atoms with E-state index in [0.717, 1.165) is 18.5 Å². The van der Waals surface area contributed by atoms with Crippen molar-refractivity contribution in [2.24, 2.45) is 0 Å². The molecule has 1 radical (unpaired) electrons. The minimum absolute atomic E-state index is 0.314. The van der Waals surface area contributed by atoms with E-state index in [1.807, 2.05) is 6.07 Å². The molecule has 1 aliphatic carbocycles. The first-order chi connectivity index (χ1) is 8.78. The molecule has 0 bridgehead atoms. The highest BCUT2D eigenvalue weighted by molar-refractivity contribution is 6.29. The molecule has 3 nitrogen and oxygen atoms in total. The Labute approximate surface area is 111 Å². The van der Waals surface area contributed by atoms with Gasteiger partial charge < -0.3 is 4.74 Å². The van der Waals surface area contributed by atoms with E-state index >= 15 is 0 Å². The third kappa shape index (κ3) is 1.95. The Morgan fingerprint density at radius 2 is 2.00 bits per heavy atom. The minimum atomic E-state index is 0.314. The van der Waals surface area contributed by atoms with Crippen molar-refractivity contribution in [3.05, 3.63) is 58.2 Å². The van der Waals surface area contributed by atoms with Crippen LogP contribution >= 0.6 is 11.6 Å². The van der Waals surface area contributed by atoms with Crippen molar-refractivity contribution in [1.82, 2.24) is 9.97 Å². The average molecular weight is 260 g/mol. The number of rotatable bonds is 2. The molecule has 2 aromatic rings. The van der Waals surface area contributed by atoms with Gasteiger partial charge in [0.15, 0.2) is 0 Å². The second kappa shape index (κ2) is 4.58. The lowest BCUT2D eigenvalue weighted by molar-refractivity contribution is 0.378. The zero-order valence-electron chi connectivity index (χ0n) is 9.98. The Hall–Kier alpha value is -1.61. The van der Waals surface area contributed by atoms with E-state index in [4.69, 9.17) is 16.3 Å². The first-order valence-corrected chi connectivity index (χ1v) is 6.19. The lowest BCUT2D eigenvalue weighted by Crippen LogP contribution is -2.03. The van der Waals surface area contributed by atoms with Crippen LogP contribution in [0.3, 0.4) is 0 Å². The van der Waals surface area contributed by atoms with Gasteiger partial charge in [0.25, 0.3) is 0 Å². The maximum atomic E-state index is 5.99. The molecule has 0 N–H and O–H groups in total. The molecular weight excluding hydrogens is 248 g/mol. The number of ether oxygens (including phenoxy) is 1. The van der Waals surface area contributed by atoms with Gasteiger partial charge in [-0.05, 0) is 30.0 Å². The predicted molar refractivity (Wildman–Crippen MR) is 69.8 cm³/mol. The number of aromatic nitrogens is 2. The van der Waals surface area contributed by atoms with Crippen molar-refractivity contribution >= 4 is 11.6 Å². The van der Waals surface area contributed by atoms with Crippen molar-refractivity contribution in [2.75, 3.05) is 7.11 Å². The van der Waals surface area contributed by atoms with Crippen LogP contribution in [0, 0.1) is 5.92 Å². The summed E-state index contributed by atoms with van der Waals surface area (Å²) in [6.45, 7) is 0. The molecule has 1 aromatic heterocycles. The van der Waals surface area contributed by atoms with Crippen LogP contribution in [0.25, 0.3) is 0 Å². The molecule has 0 unspecified atom stereocenters. The van der Waals surface area contributed by atoms with E-state index in [-0.39, 0.29) is 0 Å². The summed E-state index contributed by atoms with van der Waals surface area (Å²) in [5.41, 5.74) is 3.48. The fraction of sp³-hybridized carbons (Fsp3) is 0.214. The maximum absolute atomic E-state index is 5.99. The van der Waals surface area contributed by atoms with Crippen molar-refractivity contribution < 1.29 is 4.74 Å². The molecule has 18 heavy (non-hydrogen) atoms. The summed E-state index contributed by atoms with van der Waals surface area (Å²) in [6, 6.07) is 10.5. The zero-order valence-corrected chi connectivity index (χ0v) is 10.7. The van der Waals surface area contributed by atoms with Crippen molar-refractivity contribution in [3.8, 4) is 6.01 Å². The number of hydrogen-bond acceptors (Lipinski definition) is 3. The molecule has 4 heteroatoms. The van der Waals surface area contributed by atoms with Gasteiger partial charge in [-0.25, -0.2) is 0 Å². The van der Waals surface area contributed by atoms with E-state index in [9.17, 15) is 0 Å². The van der Waals surface area contributed by atoms with E-state index in [0.29, 0.717) is 11.2 Å². The van der Waals surface area contributed by atoms with Crippen LogP contribution in [-0.4, -0.2) is 17.1 Å². The van der Waals surface area contributed by atoms with Gasteiger partial charge in [-0.15, -0.1) is 0 Å². The highest BCUT2D eigenvalue weighted by Gasteiger charge is 2.26. The third-order valence-electron chi connectivity index (χ3n) is 3.15. The second-order valence-corrected chi connectivity index (χ2v) is 4.59. The zero-order chi connectivity index (χ0) is 12.5. The highest BCUT2D eigenvalue weighted by Crippen LogP contribution is 2.37. The fourth-order valence-electron chi connectivity index (χ4n) is 2.34. The normalized spacial score (nSPS) is 14.6. The van der Waals surface area contributed by atoms with Crippen LogP contribution < -0.4 is 4.74 Å². The van der Waals surface area contributed by atoms with Crippen molar-refractivity contribution in [2.45, 2.75) is 12.8 Å². The average Bonchev–Trinajstić information content (AvgIpc) is 2.81. The molecule has 1 aromatic carbocycles. The van der Waals surface area contributed by atoms with Crippen LogP contribution in [-0.2, 0) is 6.42 Å². The van der Waals surface area contributed by atoms with Crippen molar-refractivity contribution in [3.63, 3.8) is 0 Å². The van der Waals surface area contributed by atoms with E-state index in [2.05, 4.69) is 28.2 Å². The van der Waals surface area contributed by atoms with Gasteiger partial charge in [-0.2, -0.15) is 9.97 Å². The van der Waals surface area contributed by atoms with Crippen LogP contribution in [0.2, 0.25) is 5.15 Å². The number of methoxy groups -OCH3 is 1. The summed E-state index contributed by atoms with van der Waals surface area (Å²) in [7, 11) is 1.54. The molecule has 0 atom stereocenters. The molecule has 1 heterocycles. The Bertz CT molecular complexity index is 586. The lowest BCUT2D eigenvalue weighted by Gasteiger charge is -2.11. The van der Waals surface area contributed by atoms with Gasteiger partial charge in [-0.1, -0.05) is 35.9 Å². The summed E-state index contributed by atoms with van der Waals surface area (Å²) in [4.78, 5) is 8.38. The van der Waals surface area contributed by atoms with Gasteiger partial charge in [0.05, 0.1) is 18.7 Å². The molecule has 3 rings (SSSR count). The van der Waals surface area contributed by atoms with Crippen LogP contribution in [0.1, 0.15) is 23.2 Å². The van der Waals surface area contributed by atoms with Gasteiger partial charge in [0.1, 0.15) is 5.15 Å². The van der Waals surface area contributed by atoms with Gasteiger partial charge >= 0.3 is 6.01 Å². The van der Waals surface area contributed by atoms with Crippen molar-refractivity contribution in [1.29, 1.82) is 0 Å². The summed E-state index contributed by atoms with van der Waals surface area (Å²) in [6.07, 6.45) is 2.03. The molecule has 0 aliphatic heterocycles. The molecular formula is C14H12ClN2O. The molecule has 0 fully saturated rings. The molecule has 0 amide bonds. The number of benzene rings is 1. The topological polar surface area (TPSA) is 35.0 Å². The molecule has 0 saturated carbocycles. The third-order valence-corrected chi connectivity index (χ3v) is 3.35. The fourth-order valence-corrected chi connectivity index (χ4v) is 2.51. The standard InChI is InChI=1S/C14H12ClN2O/c1-18-14-16-12(8-13(15)17-14)11-7-6-9-4-2-3-5-10(9)11/h2-5,8H,6-7H2,1H3. The summed E-state index contributed by atoms with van der Waals surface area (Å²) < 4.78 is 5.06. The number of halogens is 1. The Morgan fingerprint density at radius 1 is 1.17 bits per heavy atom. The number of aryl methyl sites for hydroxylation is 1. The highest BCUT2D eigenvalue weighted by atomic mass is 35.5. The largest absolute Gasteiger partial charge is 0.467 e. The SMILES string of the molecule is COc1nc(Cl)cc([C]2CCc3ccccc32)n1. The summed E-state index contributed by atoms with van der Waals surface area (Å²) >= 11 is 5.99. The Balaban J connectivity index is 2.04. The number of hydrogen-bond donors (Lipinski definition) is 0. The quantitative estimate of drug-likeness (QED) is 0.778. The van der Waals surface area contributed by atoms with E-state index in [1.54, 1.807) is 13.2 Å². The predicted octanol–water partition coefficient (Wildman–Crippen LogP) is 3.06. The molecule has 0 spiro atoms. The lowest BCUT2D eigenvalue weighted by atomic mass is 9.98. The first-order valence-electron chi connectivity index (χ1n) is 5.81. The molecule has 91 valence electrons. The maximum Gasteiger partial charge on any atom is 0.317 e. The summed E-state index contributed by atoms with van der Waals surface area (Å²) in [5.74, 6) is 1.22. The van der Waals surface area contributed by atoms with Crippen LogP contribution in [0.4, 0.5) is 0 Å². The first kappa shape index (κ1) is 11.5. The van der Waals surface area contributed by atoms with E-state index in [1.165, 1.54) is 17.0 Å². The Morgan fingerprint density at radius 3 is 2.83 bits per heavy atom. The minimum Gasteiger partial charge on any atom is -0.467 e.